The third-order valence-corrected chi connectivity index (χ3v) is 4.35. The van der Waals surface area contributed by atoms with Crippen molar-refractivity contribution in [2.75, 3.05) is 19.7 Å². The van der Waals surface area contributed by atoms with Gasteiger partial charge in [-0.3, -0.25) is 19.5 Å². The number of nitrogens with zero attached hydrogens (tertiary/aromatic N) is 4. The Balaban J connectivity index is 2.18. The third-order valence-electron chi connectivity index (χ3n) is 4.35. The Hall–Kier alpha value is -2.38. The first-order chi connectivity index (χ1) is 11.4. The van der Waals surface area contributed by atoms with E-state index in [-0.39, 0.29) is 36.3 Å². The van der Waals surface area contributed by atoms with E-state index in [2.05, 4.69) is 9.98 Å². The van der Waals surface area contributed by atoms with E-state index in [4.69, 9.17) is 10.5 Å². The number of aliphatic imine (C=N–C) groups is 1. The number of carbonyl (C=O) groups excluding carboxylic acids is 2. The molecular weight excluding hydrogens is 310 g/mol. The van der Waals surface area contributed by atoms with Gasteiger partial charge in [0.2, 0.25) is 5.91 Å². The number of carbonyl (C=O) groups is 2. The van der Waals surface area contributed by atoms with Crippen molar-refractivity contribution in [3.05, 3.63) is 18.2 Å². The molecule has 2 heterocycles. The first-order valence-electron chi connectivity index (χ1n) is 8.13. The SMILES string of the molecule is CC[C@H](C(=O)N1CCN=C1N)C(COC(C)=O)Cc1cncn1C. The summed E-state index contributed by atoms with van der Waals surface area (Å²) >= 11 is 0. The van der Waals surface area contributed by atoms with Crippen molar-refractivity contribution in [3.63, 3.8) is 0 Å². The summed E-state index contributed by atoms with van der Waals surface area (Å²) in [6, 6.07) is 0. The zero-order valence-electron chi connectivity index (χ0n) is 14.4. The third kappa shape index (κ3) is 4.12. The molecule has 0 bridgehead atoms. The van der Waals surface area contributed by atoms with Crippen molar-refractivity contribution in [2.45, 2.75) is 26.7 Å². The van der Waals surface area contributed by atoms with Gasteiger partial charge >= 0.3 is 5.97 Å². The van der Waals surface area contributed by atoms with Gasteiger partial charge in [0.05, 0.1) is 19.5 Å². The highest BCUT2D eigenvalue weighted by Crippen LogP contribution is 2.24. The monoisotopic (exact) mass is 335 g/mol. The van der Waals surface area contributed by atoms with E-state index >= 15 is 0 Å². The molecule has 1 aromatic rings. The molecule has 8 nitrogen and oxygen atoms in total. The first kappa shape index (κ1) is 18.0. The van der Waals surface area contributed by atoms with Crippen molar-refractivity contribution in [3.8, 4) is 0 Å². The van der Waals surface area contributed by atoms with Crippen LogP contribution in [0.5, 0.6) is 0 Å². The molecule has 24 heavy (non-hydrogen) atoms. The molecule has 0 fully saturated rings. The first-order valence-corrected chi connectivity index (χ1v) is 8.13. The zero-order valence-corrected chi connectivity index (χ0v) is 14.4. The fraction of sp³-hybridized carbons (Fsp3) is 0.625. The maximum Gasteiger partial charge on any atom is 0.302 e. The smallest absolute Gasteiger partial charge is 0.302 e. The fourth-order valence-corrected chi connectivity index (χ4v) is 2.99. The van der Waals surface area contributed by atoms with Gasteiger partial charge in [-0.05, 0) is 12.8 Å². The van der Waals surface area contributed by atoms with Crippen LogP contribution >= 0.6 is 0 Å². The maximum atomic E-state index is 12.9. The van der Waals surface area contributed by atoms with Gasteiger partial charge in [0.25, 0.3) is 0 Å². The van der Waals surface area contributed by atoms with E-state index in [0.29, 0.717) is 25.9 Å². The van der Waals surface area contributed by atoms with Crippen molar-refractivity contribution in [2.24, 2.45) is 29.6 Å². The number of amides is 1. The molecule has 0 spiro atoms. The molecule has 132 valence electrons. The molecule has 2 N–H and O–H groups in total. The molecule has 8 heteroatoms. The van der Waals surface area contributed by atoms with Crippen LogP contribution in [0, 0.1) is 11.8 Å². The lowest BCUT2D eigenvalue weighted by molar-refractivity contribution is -0.145. The number of aromatic nitrogens is 2. The molecule has 1 amide bonds. The summed E-state index contributed by atoms with van der Waals surface area (Å²) in [5, 5.41) is 0. The Labute approximate surface area is 141 Å². The minimum atomic E-state index is -0.352. The van der Waals surface area contributed by atoms with Crippen LogP contribution in [0.3, 0.4) is 0 Å². The number of hydrogen-bond donors (Lipinski definition) is 1. The van der Waals surface area contributed by atoms with Crippen LogP contribution in [0.25, 0.3) is 0 Å². The molecule has 0 aliphatic carbocycles. The Morgan fingerprint density at radius 1 is 1.46 bits per heavy atom. The van der Waals surface area contributed by atoms with E-state index in [0.717, 1.165) is 5.69 Å². The van der Waals surface area contributed by atoms with E-state index in [9.17, 15) is 9.59 Å². The molecule has 2 rings (SSSR count). The van der Waals surface area contributed by atoms with Gasteiger partial charge in [-0.1, -0.05) is 6.92 Å². The Morgan fingerprint density at radius 3 is 2.71 bits per heavy atom. The summed E-state index contributed by atoms with van der Waals surface area (Å²) in [4.78, 5) is 33.8. The van der Waals surface area contributed by atoms with Crippen LogP contribution in [0.1, 0.15) is 26.0 Å². The predicted molar refractivity (Wildman–Crippen MR) is 89.0 cm³/mol. The molecule has 1 aromatic heterocycles. The fourth-order valence-electron chi connectivity index (χ4n) is 2.99. The van der Waals surface area contributed by atoms with E-state index in [1.54, 1.807) is 12.5 Å². The van der Waals surface area contributed by atoms with Gasteiger partial charge in [0, 0.05) is 44.2 Å². The quantitative estimate of drug-likeness (QED) is 0.723. The van der Waals surface area contributed by atoms with Gasteiger partial charge in [0.1, 0.15) is 0 Å². The largest absolute Gasteiger partial charge is 0.466 e. The standard InChI is InChI=1S/C16H25N5O3/c1-4-14(15(23)21-6-5-19-16(21)17)12(9-24-11(2)22)7-13-8-18-10-20(13)3/h8,10,12,14H,4-7,9H2,1-3H3,(H2,17,19)/t12?,14-/m0/s1. The van der Waals surface area contributed by atoms with Crippen LogP contribution in [0.15, 0.2) is 17.5 Å². The van der Waals surface area contributed by atoms with Gasteiger partial charge in [-0.2, -0.15) is 0 Å². The summed E-state index contributed by atoms with van der Waals surface area (Å²) in [5.74, 6) is -0.586. The summed E-state index contributed by atoms with van der Waals surface area (Å²) in [6.07, 6.45) is 4.71. The van der Waals surface area contributed by atoms with Crippen molar-refractivity contribution in [1.82, 2.24) is 14.5 Å². The van der Waals surface area contributed by atoms with Gasteiger partial charge in [-0.15, -0.1) is 0 Å². The summed E-state index contributed by atoms with van der Waals surface area (Å²) in [5.41, 5.74) is 6.80. The number of aryl methyl sites for hydroxylation is 1. The van der Waals surface area contributed by atoms with Crippen molar-refractivity contribution < 1.29 is 14.3 Å². The topological polar surface area (TPSA) is 103 Å². The lowest BCUT2D eigenvalue weighted by Crippen LogP contribution is -2.45. The highest BCUT2D eigenvalue weighted by atomic mass is 16.5. The van der Waals surface area contributed by atoms with Gasteiger partial charge in [-0.25, -0.2) is 4.98 Å². The van der Waals surface area contributed by atoms with Crippen LogP contribution in [0.4, 0.5) is 0 Å². The number of imidazole rings is 1. The summed E-state index contributed by atoms with van der Waals surface area (Å²) in [6.45, 7) is 4.55. The second-order valence-electron chi connectivity index (χ2n) is 6.01. The number of guanidine groups is 1. The normalized spacial score (nSPS) is 16.6. The Bertz CT molecular complexity index is 625. The number of ether oxygens (including phenoxy) is 1. The van der Waals surface area contributed by atoms with Crippen LogP contribution in [-0.2, 0) is 27.8 Å². The second kappa shape index (κ2) is 7.94. The van der Waals surface area contributed by atoms with Gasteiger partial charge < -0.3 is 15.0 Å². The molecular formula is C16H25N5O3. The zero-order chi connectivity index (χ0) is 17.7. The Kier molecular flexibility index (Phi) is 5.94. The molecule has 0 aromatic carbocycles. The van der Waals surface area contributed by atoms with Crippen molar-refractivity contribution >= 4 is 17.8 Å². The molecule has 1 aliphatic rings. The average Bonchev–Trinajstić information content (AvgIpc) is 3.13. The van der Waals surface area contributed by atoms with Crippen LogP contribution in [0.2, 0.25) is 0 Å². The number of esters is 1. The van der Waals surface area contributed by atoms with E-state index in [1.807, 2.05) is 18.5 Å². The minimum absolute atomic E-state index is 0.0597. The lowest BCUT2D eigenvalue weighted by atomic mass is 9.85. The molecule has 2 atom stereocenters. The summed E-state index contributed by atoms with van der Waals surface area (Å²) in [7, 11) is 1.90. The molecule has 0 saturated carbocycles. The predicted octanol–water partition coefficient (Wildman–Crippen LogP) is 0.325. The number of hydrogen-bond acceptors (Lipinski definition) is 6. The minimum Gasteiger partial charge on any atom is -0.466 e. The molecule has 1 aliphatic heterocycles. The summed E-state index contributed by atoms with van der Waals surface area (Å²) < 4.78 is 7.12. The second-order valence-corrected chi connectivity index (χ2v) is 6.01. The lowest BCUT2D eigenvalue weighted by Gasteiger charge is -2.28. The van der Waals surface area contributed by atoms with E-state index < -0.39 is 0 Å². The number of rotatable bonds is 7. The molecule has 0 saturated heterocycles. The molecule has 1 unspecified atom stereocenters. The van der Waals surface area contributed by atoms with Crippen LogP contribution in [-0.4, -0.2) is 52.0 Å². The maximum absolute atomic E-state index is 12.9. The highest BCUT2D eigenvalue weighted by molar-refractivity contribution is 5.98. The van der Waals surface area contributed by atoms with Gasteiger partial charge in [0.15, 0.2) is 5.96 Å². The molecule has 0 radical (unpaired) electrons. The van der Waals surface area contributed by atoms with Crippen LogP contribution < -0.4 is 5.73 Å². The Morgan fingerprint density at radius 2 is 2.21 bits per heavy atom. The average molecular weight is 335 g/mol. The highest BCUT2D eigenvalue weighted by Gasteiger charge is 2.34. The van der Waals surface area contributed by atoms with E-state index in [1.165, 1.54) is 11.8 Å². The number of nitrogens with two attached hydrogens (primary N) is 1. The van der Waals surface area contributed by atoms with Crippen molar-refractivity contribution in [1.29, 1.82) is 0 Å².